The van der Waals surface area contributed by atoms with Gasteiger partial charge in [-0.25, -0.2) is 19.9 Å². The smallest absolute Gasteiger partial charge is 0.227 e. The molecule has 37 heavy (non-hydrogen) atoms. The number of para-hydroxylation sites is 1. The van der Waals surface area contributed by atoms with Gasteiger partial charge >= 0.3 is 0 Å². The van der Waals surface area contributed by atoms with Crippen molar-refractivity contribution in [3.63, 3.8) is 0 Å². The van der Waals surface area contributed by atoms with Gasteiger partial charge in [0.25, 0.3) is 0 Å². The molecule has 11 heteroatoms. The zero-order valence-electron chi connectivity index (χ0n) is 20.6. The number of methoxy groups -OCH3 is 1. The minimum absolute atomic E-state index is 0.0541. The van der Waals surface area contributed by atoms with Crippen molar-refractivity contribution in [2.75, 3.05) is 50.6 Å². The Bertz CT molecular complexity index is 1450. The average molecular weight is 501 g/mol. The molecule has 0 atom stereocenters. The van der Waals surface area contributed by atoms with Crippen LogP contribution in [0.1, 0.15) is 17.0 Å². The van der Waals surface area contributed by atoms with Crippen LogP contribution in [0.25, 0.3) is 16.9 Å². The molecule has 3 aromatic heterocycles. The Labute approximate surface area is 213 Å². The van der Waals surface area contributed by atoms with Crippen LogP contribution >= 0.6 is 0 Å². The van der Waals surface area contributed by atoms with Crippen molar-refractivity contribution in [3.05, 3.63) is 59.8 Å². The van der Waals surface area contributed by atoms with Gasteiger partial charge in [0, 0.05) is 61.5 Å². The number of aromatic nitrogens is 5. The van der Waals surface area contributed by atoms with Gasteiger partial charge in [0.2, 0.25) is 11.9 Å². The first kappa shape index (κ1) is 23.2. The molecule has 190 valence electrons. The molecular weight excluding hydrogens is 472 g/mol. The second kappa shape index (κ2) is 9.66. The van der Waals surface area contributed by atoms with E-state index in [2.05, 4.69) is 19.3 Å². The molecule has 0 radical (unpaired) electrons. The molecule has 0 saturated carbocycles. The summed E-state index contributed by atoms with van der Waals surface area (Å²) in [6.07, 6.45) is 6.32. The van der Waals surface area contributed by atoms with Crippen LogP contribution < -0.4 is 15.4 Å². The Hall–Kier alpha value is -4.25. The van der Waals surface area contributed by atoms with Crippen LogP contribution in [0.5, 0.6) is 5.75 Å². The van der Waals surface area contributed by atoms with Crippen molar-refractivity contribution in [1.29, 1.82) is 0 Å². The van der Waals surface area contributed by atoms with E-state index in [1.807, 2.05) is 35.4 Å². The summed E-state index contributed by atoms with van der Waals surface area (Å²) in [6, 6.07) is 7.63. The van der Waals surface area contributed by atoms with Gasteiger partial charge in [0.05, 0.1) is 44.7 Å². The van der Waals surface area contributed by atoms with Crippen LogP contribution in [-0.2, 0) is 28.9 Å². The molecule has 1 saturated heterocycles. The second-order valence-electron chi connectivity index (χ2n) is 9.13. The van der Waals surface area contributed by atoms with E-state index >= 15 is 0 Å². The molecule has 0 bridgehead atoms. The lowest BCUT2D eigenvalue weighted by Gasteiger charge is -2.28. The molecule has 1 amide bonds. The summed E-state index contributed by atoms with van der Waals surface area (Å²) in [5.41, 5.74) is 10.9. The molecule has 0 spiro atoms. The number of nitrogens with zero attached hydrogens (tertiary/aromatic N) is 7. The summed E-state index contributed by atoms with van der Waals surface area (Å²) in [4.78, 5) is 35.5. The van der Waals surface area contributed by atoms with Crippen LogP contribution in [0.4, 0.5) is 11.8 Å². The molecule has 2 aliphatic heterocycles. The van der Waals surface area contributed by atoms with Gasteiger partial charge in [-0.05, 0) is 6.07 Å². The van der Waals surface area contributed by atoms with Gasteiger partial charge in [-0.15, -0.1) is 0 Å². The maximum Gasteiger partial charge on any atom is 0.227 e. The Morgan fingerprint density at radius 2 is 1.89 bits per heavy atom. The summed E-state index contributed by atoms with van der Waals surface area (Å²) in [5.74, 6) is 1.79. The lowest BCUT2D eigenvalue weighted by molar-refractivity contribution is -0.131. The number of hydrogen-bond donors (Lipinski definition) is 1. The predicted molar refractivity (Wildman–Crippen MR) is 137 cm³/mol. The van der Waals surface area contributed by atoms with Crippen molar-refractivity contribution in [3.8, 4) is 17.0 Å². The summed E-state index contributed by atoms with van der Waals surface area (Å²) in [6.45, 7) is 3.79. The van der Waals surface area contributed by atoms with E-state index in [4.69, 9.17) is 25.2 Å². The molecule has 6 rings (SSSR count). The number of carbonyl (C=O) groups is 1. The fourth-order valence-electron chi connectivity index (χ4n) is 4.95. The number of anilines is 2. The summed E-state index contributed by atoms with van der Waals surface area (Å²) in [7, 11) is 1.62. The quantitative estimate of drug-likeness (QED) is 0.436. The van der Waals surface area contributed by atoms with Gasteiger partial charge in [-0.1, -0.05) is 18.2 Å². The SMILES string of the molecule is COc1ccccc1CC(=O)N1CCc2c(nc3c(N4CCOCC4)nc(-c4cnc(N)nc4)cn23)C1. The fourth-order valence-corrected chi connectivity index (χ4v) is 4.95. The van der Waals surface area contributed by atoms with E-state index in [9.17, 15) is 4.79 Å². The number of hydrogen-bond acceptors (Lipinski definition) is 9. The number of carbonyl (C=O) groups excluding carboxylic acids is 1. The maximum atomic E-state index is 13.2. The minimum Gasteiger partial charge on any atom is -0.496 e. The maximum absolute atomic E-state index is 13.2. The molecule has 4 aromatic rings. The number of nitrogens with two attached hydrogens (primary N) is 1. The van der Waals surface area contributed by atoms with Crippen LogP contribution in [0, 0.1) is 0 Å². The van der Waals surface area contributed by atoms with E-state index in [0.29, 0.717) is 32.7 Å². The highest BCUT2D eigenvalue weighted by Crippen LogP contribution is 2.30. The van der Waals surface area contributed by atoms with Gasteiger partial charge in [0.1, 0.15) is 5.75 Å². The number of imidazole rings is 1. The fraction of sp³-hybridized carbons (Fsp3) is 0.346. The summed E-state index contributed by atoms with van der Waals surface area (Å²) >= 11 is 0. The molecule has 1 fully saturated rings. The van der Waals surface area contributed by atoms with Crippen molar-refractivity contribution in [1.82, 2.24) is 29.2 Å². The van der Waals surface area contributed by atoms with E-state index in [1.165, 1.54) is 0 Å². The van der Waals surface area contributed by atoms with Crippen molar-refractivity contribution < 1.29 is 14.3 Å². The Balaban J connectivity index is 1.35. The first-order valence-electron chi connectivity index (χ1n) is 12.3. The largest absolute Gasteiger partial charge is 0.496 e. The summed E-state index contributed by atoms with van der Waals surface area (Å²) in [5, 5.41) is 0. The van der Waals surface area contributed by atoms with Crippen LogP contribution in [0.3, 0.4) is 0 Å². The predicted octanol–water partition coefficient (Wildman–Crippen LogP) is 1.74. The van der Waals surface area contributed by atoms with Gasteiger partial charge in [0.15, 0.2) is 11.5 Å². The topological polar surface area (TPSA) is 124 Å². The molecule has 1 aromatic carbocycles. The Morgan fingerprint density at radius 1 is 1.11 bits per heavy atom. The van der Waals surface area contributed by atoms with E-state index in [0.717, 1.165) is 58.5 Å². The number of nitrogen functional groups attached to an aromatic ring is 1. The molecule has 0 aliphatic carbocycles. The van der Waals surface area contributed by atoms with Crippen LogP contribution in [-0.4, -0.2) is 75.1 Å². The molecule has 2 N–H and O–H groups in total. The number of fused-ring (bicyclic) bond motifs is 3. The van der Waals surface area contributed by atoms with Crippen molar-refractivity contribution in [2.45, 2.75) is 19.4 Å². The lowest BCUT2D eigenvalue weighted by Crippen LogP contribution is -2.37. The number of amides is 1. The van der Waals surface area contributed by atoms with E-state index in [1.54, 1.807) is 19.5 Å². The Kier molecular flexibility index (Phi) is 6.05. The first-order chi connectivity index (χ1) is 18.1. The highest BCUT2D eigenvalue weighted by Gasteiger charge is 2.28. The number of ether oxygens (including phenoxy) is 2. The normalized spacial score (nSPS) is 15.6. The van der Waals surface area contributed by atoms with Crippen molar-refractivity contribution >= 4 is 23.3 Å². The second-order valence-corrected chi connectivity index (χ2v) is 9.13. The van der Waals surface area contributed by atoms with E-state index in [-0.39, 0.29) is 18.3 Å². The first-order valence-corrected chi connectivity index (χ1v) is 12.3. The third-order valence-electron chi connectivity index (χ3n) is 6.89. The molecule has 11 nitrogen and oxygen atoms in total. The average Bonchev–Trinajstić information content (AvgIpc) is 3.31. The Morgan fingerprint density at radius 3 is 2.68 bits per heavy atom. The molecule has 0 unspecified atom stereocenters. The molecule has 2 aliphatic rings. The van der Waals surface area contributed by atoms with E-state index < -0.39 is 0 Å². The number of morpholine rings is 1. The van der Waals surface area contributed by atoms with Gasteiger partial charge in [-0.3, -0.25) is 9.20 Å². The highest BCUT2D eigenvalue weighted by molar-refractivity contribution is 5.80. The molecular formula is C26H28N8O3. The standard InChI is InChI=1S/C26H28N8O3/c1-36-22-5-3-2-4-17(22)12-23(35)33-7-6-21-20(15-33)31-25-24(32-8-10-37-11-9-32)30-19(16-34(21)25)18-13-28-26(27)29-14-18/h2-5,13-14,16H,6-12,15H2,1H3,(H2,27,28,29). The van der Waals surface area contributed by atoms with Crippen LogP contribution in [0.2, 0.25) is 0 Å². The zero-order valence-corrected chi connectivity index (χ0v) is 20.6. The zero-order chi connectivity index (χ0) is 25.4. The van der Waals surface area contributed by atoms with Gasteiger partial charge in [-0.2, -0.15) is 0 Å². The highest BCUT2D eigenvalue weighted by atomic mass is 16.5. The minimum atomic E-state index is 0.0541. The lowest BCUT2D eigenvalue weighted by atomic mass is 10.1. The number of rotatable bonds is 5. The van der Waals surface area contributed by atoms with Crippen LogP contribution in [0.15, 0.2) is 42.9 Å². The monoisotopic (exact) mass is 500 g/mol. The summed E-state index contributed by atoms with van der Waals surface area (Å²) < 4.78 is 13.1. The third-order valence-corrected chi connectivity index (χ3v) is 6.89. The van der Waals surface area contributed by atoms with Crippen molar-refractivity contribution in [2.24, 2.45) is 0 Å². The third kappa shape index (κ3) is 4.42. The molecule has 5 heterocycles. The van der Waals surface area contributed by atoms with Gasteiger partial charge < -0.3 is 25.0 Å². The number of benzene rings is 1.